The Labute approximate surface area is 119 Å². The van der Waals surface area contributed by atoms with Crippen LogP contribution in [-0.4, -0.2) is 16.5 Å². The molecule has 2 atom stereocenters. The van der Waals surface area contributed by atoms with Gasteiger partial charge in [-0.1, -0.05) is 48.6 Å². The van der Waals surface area contributed by atoms with Crippen molar-refractivity contribution in [3.8, 4) is 0 Å². The van der Waals surface area contributed by atoms with E-state index in [1.54, 1.807) is 0 Å². The van der Waals surface area contributed by atoms with Gasteiger partial charge in [-0.05, 0) is 36.5 Å². The number of aliphatic hydroxyl groups is 1. The molecule has 2 unspecified atom stereocenters. The van der Waals surface area contributed by atoms with E-state index in [2.05, 4.69) is 48.6 Å². The molecule has 3 fully saturated rings. The number of ketones is 1. The van der Waals surface area contributed by atoms with E-state index in [1.165, 1.54) is 0 Å². The fraction of sp³-hybridized carbons (Fsp3) is 0.500. The van der Waals surface area contributed by atoms with Crippen molar-refractivity contribution in [3.63, 3.8) is 0 Å². The number of carbonyl (C=O) groups excluding carboxylic acids is 1. The van der Waals surface area contributed by atoms with Crippen molar-refractivity contribution in [2.24, 2.45) is 29.6 Å². The minimum Gasteiger partial charge on any atom is -0.389 e. The van der Waals surface area contributed by atoms with Gasteiger partial charge in [0.1, 0.15) is 5.78 Å². The SMILES string of the molecule is O=C1CC2(O)CC(C3C=CC=C3)C1C(C1C=CC=C1)C2. The number of fused-ring (bicyclic) bond motifs is 3. The molecule has 0 aromatic carbocycles. The van der Waals surface area contributed by atoms with E-state index in [1.807, 2.05) is 0 Å². The molecule has 20 heavy (non-hydrogen) atoms. The van der Waals surface area contributed by atoms with Gasteiger partial charge in [-0.3, -0.25) is 4.79 Å². The van der Waals surface area contributed by atoms with E-state index in [0.29, 0.717) is 18.3 Å². The summed E-state index contributed by atoms with van der Waals surface area (Å²) in [5, 5.41) is 10.8. The minimum atomic E-state index is -0.768. The number of Topliss-reactive ketones (excluding diaryl/α,β-unsaturated/α-hetero) is 1. The van der Waals surface area contributed by atoms with Crippen LogP contribution in [0.4, 0.5) is 0 Å². The first kappa shape index (κ1) is 12.3. The highest BCUT2D eigenvalue weighted by molar-refractivity contribution is 5.85. The summed E-state index contributed by atoms with van der Waals surface area (Å²) in [5.74, 6) is 1.59. The molecule has 0 saturated heterocycles. The van der Waals surface area contributed by atoms with Crippen LogP contribution in [0.15, 0.2) is 48.6 Å². The maximum atomic E-state index is 12.5. The highest BCUT2D eigenvalue weighted by Gasteiger charge is 2.56. The molecule has 104 valence electrons. The van der Waals surface area contributed by atoms with E-state index < -0.39 is 5.60 Å². The Balaban J connectivity index is 1.70. The largest absolute Gasteiger partial charge is 0.389 e. The molecule has 5 aliphatic rings. The first-order valence-corrected chi connectivity index (χ1v) is 7.61. The van der Waals surface area contributed by atoms with Crippen LogP contribution in [0, 0.1) is 29.6 Å². The predicted molar refractivity (Wildman–Crippen MR) is 77.8 cm³/mol. The zero-order valence-corrected chi connectivity index (χ0v) is 11.5. The Kier molecular flexibility index (Phi) is 2.65. The molecule has 5 rings (SSSR count). The average Bonchev–Trinajstić information content (AvgIpc) is 3.11. The quantitative estimate of drug-likeness (QED) is 0.836. The molecule has 3 saturated carbocycles. The van der Waals surface area contributed by atoms with Crippen molar-refractivity contribution in [2.75, 3.05) is 0 Å². The van der Waals surface area contributed by atoms with E-state index in [0.717, 1.165) is 12.8 Å². The van der Waals surface area contributed by atoms with E-state index >= 15 is 0 Å². The van der Waals surface area contributed by atoms with Gasteiger partial charge in [-0.15, -0.1) is 0 Å². The number of rotatable bonds is 2. The van der Waals surface area contributed by atoms with E-state index in [9.17, 15) is 9.90 Å². The normalized spacial score (nSPS) is 43.2. The molecule has 0 radical (unpaired) electrons. The number of allylic oxidation sites excluding steroid dienone is 8. The number of carbonyl (C=O) groups is 1. The second-order valence-corrected chi connectivity index (χ2v) is 6.82. The molecule has 2 bridgehead atoms. The summed E-state index contributed by atoms with van der Waals surface area (Å²) in [5.41, 5.74) is -0.768. The molecule has 2 heteroatoms. The van der Waals surface area contributed by atoms with Crippen LogP contribution < -0.4 is 0 Å². The van der Waals surface area contributed by atoms with Gasteiger partial charge in [0.05, 0.1) is 5.60 Å². The average molecular weight is 268 g/mol. The van der Waals surface area contributed by atoms with Crippen molar-refractivity contribution in [1.82, 2.24) is 0 Å². The van der Waals surface area contributed by atoms with Crippen molar-refractivity contribution >= 4 is 5.78 Å². The maximum Gasteiger partial charge on any atom is 0.139 e. The maximum absolute atomic E-state index is 12.5. The Bertz CT molecular complexity index is 490. The van der Waals surface area contributed by atoms with Gasteiger partial charge in [0.25, 0.3) is 0 Å². The topological polar surface area (TPSA) is 37.3 Å². The lowest BCUT2D eigenvalue weighted by atomic mass is 9.52. The van der Waals surface area contributed by atoms with Crippen LogP contribution in [0.3, 0.4) is 0 Å². The van der Waals surface area contributed by atoms with E-state index in [-0.39, 0.29) is 23.5 Å². The summed E-state index contributed by atoms with van der Waals surface area (Å²) < 4.78 is 0. The molecule has 0 aromatic rings. The summed E-state index contributed by atoms with van der Waals surface area (Å²) in [4.78, 5) is 12.5. The van der Waals surface area contributed by atoms with Gasteiger partial charge in [-0.2, -0.15) is 0 Å². The Morgan fingerprint density at radius 1 is 0.900 bits per heavy atom. The second-order valence-electron chi connectivity index (χ2n) is 6.82. The van der Waals surface area contributed by atoms with Gasteiger partial charge < -0.3 is 5.11 Å². The van der Waals surface area contributed by atoms with Crippen molar-refractivity contribution in [3.05, 3.63) is 48.6 Å². The fourth-order valence-electron chi connectivity index (χ4n) is 4.82. The molecule has 0 spiro atoms. The summed E-state index contributed by atoms with van der Waals surface area (Å²) in [6, 6.07) is 0. The molecule has 5 aliphatic carbocycles. The third kappa shape index (κ3) is 1.78. The van der Waals surface area contributed by atoms with Crippen LogP contribution >= 0.6 is 0 Å². The lowest BCUT2D eigenvalue weighted by Gasteiger charge is -2.53. The summed E-state index contributed by atoms with van der Waals surface area (Å²) >= 11 is 0. The molecule has 0 heterocycles. The second kappa shape index (κ2) is 4.29. The number of hydrogen-bond donors (Lipinski definition) is 1. The standard InChI is InChI=1S/C18H20O2/c19-16-11-18(20)9-14(12-5-1-2-6-12)17(16)15(10-18)13-7-3-4-8-13/h1-8,12-15,17,20H,9-11H2. The first-order chi connectivity index (χ1) is 9.66. The minimum absolute atomic E-state index is 0.110. The van der Waals surface area contributed by atoms with Gasteiger partial charge in [0.15, 0.2) is 0 Å². The third-order valence-electron chi connectivity index (χ3n) is 5.57. The summed E-state index contributed by atoms with van der Waals surface area (Å²) in [6.45, 7) is 0. The molecular weight excluding hydrogens is 248 g/mol. The molecule has 0 aliphatic heterocycles. The fourth-order valence-corrected chi connectivity index (χ4v) is 4.82. The molecule has 0 aromatic heterocycles. The lowest BCUT2D eigenvalue weighted by molar-refractivity contribution is -0.160. The predicted octanol–water partition coefficient (Wildman–Crippen LogP) is 2.82. The zero-order chi connectivity index (χ0) is 13.7. The van der Waals surface area contributed by atoms with E-state index in [4.69, 9.17) is 0 Å². The Hall–Kier alpha value is -1.41. The molecule has 2 nitrogen and oxygen atoms in total. The highest BCUT2D eigenvalue weighted by Crippen LogP contribution is 2.54. The molecule has 0 amide bonds. The van der Waals surface area contributed by atoms with Crippen LogP contribution in [-0.2, 0) is 4.79 Å². The van der Waals surface area contributed by atoms with Crippen LogP contribution in [0.25, 0.3) is 0 Å². The lowest BCUT2D eigenvalue weighted by Crippen LogP contribution is -2.57. The van der Waals surface area contributed by atoms with Gasteiger partial charge >= 0.3 is 0 Å². The van der Waals surface area contributed by atoms with Crippen LogP contribution in [0.5, 0.6) is 0 Å². The molecule has 1 N–H and O–H groups in total. The third-order valence-corrected chi connectivity index (χ3v) is 5.57. The van der Waals surface area contributed by atoms with Crippen LogP contribution in [0.1, 0.15) is 19.3 Å². The van der Waals surface area contributed by atoms with Crippen LogP contribution in [0.2, 0.25) is 0 Å². The Morgan fingerprint density at radius 3 is 1.75 bits per heavy atom. The smallest absolute Gasteiger partial charge is 0.139 e. The van der Waals surface area contributed by atoms with Gasteiger partial charge in [0, 0.05) is 12.3 Å². The number of hydrogen-bond acceptors (Lipinski definition) is 2. The van der Waals surface area contributed by atoms with Crippen molar-refractivity contribution < 1.29 is 9.90 Å². The summed E-state index contributed by atoms with van der Waals surface area (Å²) in [6.07, 6.45) is 18.9. The Morgan fingerprint density at radius 2 is 1.35 bits per heavy atom. The zero-order valence-electron chi connectivity index (χ0n) is 11.5. The van der Waals surface area contributed by atoms with Crippen molar-refractivity contribution in [2.45, 2.75) is 24.9 Å². The van der Waals surface area contributed by atoms with Gasteiger partial charge in [0.2, 0.25) is 0 Å². The van der Waals surface area contributed by atoms with Gasteiger partial charge in [-0.25, -0.2) is 0 Å². The van der Waals surface area contributed by atoms with Crippen molar-refractivity contribution in [1.29, 1.82) is 0 Å². The highest BCUT2D eigenvalue weighted by atomic mass is 16.3. The summed E-state index contributed by atoms with van der Waals surface area (Å²) in [7, 11) is 0. The molecular formula is C18H20O2. The monoisotopic (exact) mass is 268 g/mol. The first-order valence-electron chi connectivity index (χ1n) is 7.61.